The van der Waals surface area contributed by atoms with Crippen LogP contribution in [-0.4, -0.2) is 22.4 Å². The number of nitrogens with zero attached hydrogens (tertiary/aromatic N) is 1. The van der Waals surface area contributed by atoms with Crippen LogP contribution in [0, 0.1) is 0 Å². The average molecular weight is 301 g/mol. The zero-order valence-corrected chi connectivity index (χ0v) is 12.8. The molecule has 0 aromatic heterocycles. The zero-order chi connectivity index (χ0) is 14.4. The van der Waals surface area contributed by atoms with Crippen molar-refractivity contribution in [1.82, 2.24) is 4.90 Å². The molecular formula is C14H18Cl2N2O. The number of likely N-dealkylation sites (tertiary alicyclic amines) is 1. The molecule has 19 heavy (non-hydrogen) atoms. The highest BCUT2D eigenvalue weighted by Crippen LogP contribution is 2.39. The molecule has 2 atom stereocenters. The molecule has 0 aliphatic carbocycles. The van der Waals surface area contributed by atoms with Gasteiger partial charge in [-0.05, 0) is 44.5 Å². The first-order chi connectivity index (χ1) is 8.70. The minimum atomic E-state index is -0.287. The molecular weight excluding hydrogens is 283 g/mol. The monoisotopic (exact) mass is 300 g/mol. The Balaban J connectivity index is 2.48. The van der Waals surface area contributed by atoms with E-state index in [2.05, 4.69) is 0 Å². The quantitative estimate of drug-likeness (QED) is 0.864. The summed E-state index contributed by atoms with van der Waals surface area (Å²) in [4.78, 5) is 14.0. The van der Waals surface area contributed by atoms with Crippen LogP contribution in [0.3, 0.4) is 0 Å². The Labute approximate surface area is 123 Å². The standard InChI is InChI=1S/C14H18Cl2N2O/c1-14(2,3)18-12(19)7-11(17)13(18)8-4-9(15)6-10(16)5-8/h4-6,11,13H,7,17H2,1-3H3. The number of hydrogen-bond donors (Lipinski definition) is 1. The molecule has 2 N–H and O–H groups in total. The van der Waals surface area contributed by atoms with E-state index in [1.165, 1.54) is 0 Å². The van der Waals surface area contributed by atoms with Crippen molar-refractivity contribution >= 4 is 29.1 Å². The Morgan fingerprint density at radius 3 is 2.21 bits per heavy atom. The third-order valence-corrected chi connectivity index (χ3v) is 3.75. The second kappa shape index (κ2) is 4.97. The van der Waals surface area contributed by atoms with Crippen LogP contribution in [0.2, 0.25) is 10.0 Å². The minimum Gasteiger partial charge on any atom is -0.329 e. The lowest BCUT2D eigenvalue weighted by Crippen LogP contribution is -2.45. The van der Waals surface area contributed by atoms with Crippen molar-refractivity contribution in [1.29, 1.82) is 0 Å². The van der Waals surface area contributed by atoms with Gasteiger partial charge in [-0.1, -0.05) is 23.2 Å². The molecule has 1 heterocycles. The fraction of sp³-hybridized carbons (Fsp3) is 0.500. The number of halogens is 2. The Bertz CT molecular complexity index is 490. The highest BCUT2D eigenvalue weighted by atomic mass is 35.5. The van der Waals surface area contributed by atoms with Crippen LogP contribution in [0.1, 0.15) is 38.8 Å². The number of hydrogen-bond acceptors (Lipinski definition) is 2. The van der Waals surface area contributed by atoms with Crippen molar-refractivity contribution in [3.05, 3.63) is 33.8 Å². The second-order valence-corrected chi connectivity index (χ2v) is 6.82. The third kappa shape index (κ3) is 2.88. The van der Waals surface area contributed by atoms with Gasteiger partial charge in [0.25, 0.3) is 0 Å². The first-order valence-corrected chi connectivity index (χ1v) is 6.99. The normalized spacial score (nSPS) is 24.1. The molecule has 0 spiro atoms. The lowest BCUT2D eigenvalue weighted by Gasteiger charge is -2.38. The van der Waals surface area contributed by atoms with E-state index in [1.54, 1.807) is 6.07 Å². The molecule has 1 aliphatic heterocycles. The Kier molecular flexibility index (Phi) is 3.83. The van der Waals surface area contributed by atoms with Gasteiger partial charge in [-0.3, -0.25) is 4.79 Å². The highest BCUT2D eigenvalue weighted by Gasteiger charge is 2.43. The fourth-order valence-electron chi connectivity index (χ4n) is 2.69. The Morgan fingerprint density at radius 2 is 1.74 bits per heavy atom. The number of rotatable bonds is 1. The van der Waals surface area contributed by atoms with Crippen LogP contribution in [0.4, 0.5) is 0 Å². The number of amides is 1. The van der Waals surface area contributed by atoms with Crippen molar-refractivity contribution in [2.24, 2.45) is 5.73 Å². The summed E-state index contributed by atoms with van der Waals surface area (Å²) in [6.07, 6.45) is 0.353. The number of carbonyl (C=O) groups excluding carboxylic acids is 1. The largest absolute Gasteiger partial charge is 0.329 e. The maximum Gasteiger partial charge on any atom is 0.225 e. The van der Waals surface area contributed by atoms with Crippen LogP contribution >= 0.6 is 23.2 Å². The van der Waals surface area contributed by atoms with Crippen molar-refractivity contribution in [2.75, 3.05) is 0 Å². The SMILES string of the molecule is CC(C)(C)N1C(=O)CC(N)C1c1cc(Cl)cc(Cl)c1. The van der Waals surface area contributed by atoms with E-state index >= 15 is 0 Å². The Morgan fingerprint density at radius 1 is 1.21 bits per heavy atom. The molecule has 104 valence electrons. The molecule has 1 aliphatic rings. The summed E-state index contributed by atoms with van der Waals surface area (Å²) in [5.74, 6) is 0.0705. The summed E-state index contributed by atoms with van der Waals surface area (Å²) in [6.45, 7) is 6.01. The van der Waals surface area contributed by atoms with Gasteiger partial charge in [-0.15, -0.1) is 0 Å². The van der Waals surface area contributed by atoms with Gasteiger partial charge < -0.3 is 10.6 Å². The lowest BCUT2D eigenvalue weighted by molar-refractivity contribution is -0.133. The van der Waals surface area contributed by atoms with E-state index in [9.17, 15) is 4.79 Å². The van der Waals surface area contributed by atoms with Crippen molar-refractivity contribution in [2.45, 2.75) is 44.8 Å². The van der Waals surface area contributed by atoms with Crippen LogP contribution in [0.5, 0.6) is 0 Å². The molecule has 1 amide bonds. The van der Waals surface area contributed by atoms with Gasteiger partial charge in [0.15, 0.2) is 0 Å². The van der Waals surface area contributed by atoms with E-state index in [-0.39, 0.29) is 23.5 Å². The molecule has 0 bridgehead atoms. The topological polar surface area (TPSA) is 46.3 Å². The predicted molar refractivity (Wildman–Crippen MR) is 78.4 cm³/mol. The molecule has 2 rings (SSSR count). The van der Waals surface area contributed by atoms with Gasteiger partial charge in [-0.25, -0.2) is 0 Å². The maximum atomic E-state index is 12.2. The van der Waals surface area contributed by atoms with E-state index in [0.717, 1.165) is 5.56 Å². The molecule has 1 fully saturated rings. The van der Waals surface area contributed by atoms with Crippen molar-refractivity contribution in [3.8, 4) is 0 Å². The molecule has 1 aromatic carbocycles. The summed E-state index contributed by atoms with van der Waals surface area (Å²) in [6, 6.07) is 4.92. The molecule has 5 heteroatoms. The van der Waals surface area contributed by atoms with Crippen LogP contribution in [0.15, 0.2) is 18.2 Å². The number of carbonyl (C=O) groups is 1. The van der Waals surface area contributed by atoms with Crippen LogP contribution < -0.4 is 5.73 Å². The molecule has 2 unspecified atom stereocenters. The average Bonchev–Trinajstić information content (AvgIpc) is 2.51. The van der Waals surface area contributed by atoms with Crippen molar-refractivity contribution in [3.63, 3.8) is 0 Å². The molecule has 0 saturated carbocycles. The first-order valence-electron chi connectivity index (χ1n) is 6.24. The zero-order valence-electron chi connectivity index (χ0n) is 11.3. The highest BCUT2D eigenvalue weighted by molar-refractivity contribution is 6.34. The van der Waals surface area contributed by atoms with Gasteiger partial charge in [0.1, 0.15) is 0 Å². The fourth-order valence-corrected chi connectivity index (χ4v) is 3.23. The predicted octanol–water partition coefficient (Wildman–Crippen LogP) is 3.39. The maximum absolute atomic E-state index is 12.2. The lowest BCUT2D eigenvalue weighted by atomic mass is 9.97. The molecule has 1 aromatic rings. The molecule has 0 radical (unpaired) electrons. The van der Waals surface area contributed by atoms with Gasteiger partial charge in [0.2, 0.25) is 5.91 Å². The summed E-state index contributed by atoms with van der Waals surface area (Å²) in [5, 5.41) is 1.12. The van der Waals surface area contributed by atoms with E-state index in [0.29, 0.717) is 16.5 Å². The minimum absolute atomic E-state index is 0.0705. The summed E-state index contributed by atoms with van der Waals surface area (Å²) < 4.78 is 0. The smallest absolute Gasteiger partial charge is 0.225 e. The van der Waals surface area contributed by atoms with Gasteiger partial charge in [-0.2, -0.15) is 0 Å². The second-order valence-electron chi connectivity index (χ2n) is 5.95. The van der Waals surface area contributed by atoms with E-state index in [1.807, 2.05) is 37.8 Å². The van der Waals surface area contributed by atoms with Gasteiger partial charge in [0.05, 0.1) is 6.04 Å². The van der Waals surface area contributed by atoms with Crippen molar-refractivity contribution < 1.29 is 4.79 Å². The van der Waals surface area contributed by atoms with E-state index in [4.69, 9.17) is 28.9 Å². The number of benzene rings is 1. The summed E-state index contributed by atoms with van der Waals surface area (Å²) in [7, 11) is 0. The molecule has 3 nitrogen and oxygen atoms in total. The van der Waals surface area contributed by atoms with E-state index < -0.39 is 0 Å². The third-order valence-electron chi connectivity index (χ3n) is 3.31. The Hall–Kier alpha value is -0.770. The van der Waals surface area contributed by atoms with Gasteiger partial charge >= 0.3 is 0 Å². The van der Waals surface area contributed by atoms with Crippen LogP contribution in [0.25, 0.3) is 0 Å². The summed E-state index contributed by atoms with van der Waals surface area (Å²) in [5.41, 5.74) is 6.75. The number of nitrogens with two attached hydrogens (primary N) is 1. The van der Waals surface area contributed by atoms with Gasteiger partial charge in [0, 0.05) is 28.0 Å². The first kappa shape index (κ1) is 14.6. The molecule has 1 saturated heterocycles. The van der Waals surface area contributed by atoms with Crippen LogP contribution in [-0.2, 0) is 4.79 Å². The summed E-state index contributed by atoms with van der Waals surface area (Å²) >= 11 is 12.1.